The number of amides is 1. The predicted molar refractivity (Wildman–Crippen MR) is 149 cm³/mol. The number of aryl methyl sites for hydroxylation is 3. The Labute approximate surface area is 219 Å². The average Bonchev–Trinajstić information content (AvgIpc) is 2.83. The molecule has 7 nitrogen and oxygen atoms in total. The van der Waals surface area contributed by atoms with Gasteiger partial charge in [-0.15, -0.1) is 0 Å². The van der Waals surface area contributed by atoms with Gasteiger partial charge in [0, 0.05) is 57.5 Å². The third-order valence-electron chi connectivity index (χ3n) is 7.13. The number of aliphatic hydroxyl groups is 1. The number of hydrogen-bond acceptors (Lipinski definition) is 6. The molecule has 0 radical (unpaired) electrons. The molecule has 1 aliphatic heterocycles. The number of allylic oxidation sites excluding steroid dienone is 2. The summed E-state index contributed by atoms with van der Waals surface area (Å²) < 4.78 is 0. The summed E-state index contributed by atoms with van der Waals surface area (Å²) in [7, 11) is 0. The lowest BCUT2D eigenvalue weighted by atomic mass is 9.83. The van der Waals surface area contributed by atoms with Crippen LogP contribution in [-0.2, 0) is 9.59 Å². The fourth-order valence-electron chi connectivity index (χ4n) is 5.11. The Morgan fingerprint density at radius 1 is 0.973 bits per heavy atom. The lowest BCUT2D eigenvalue weighted by Gasteiger charge is -2.33. The Balaban J connectivity index is 1.18. The van der Waals surface area contributed by atoms with Crippen LogP contribution in [0.2, 0.25) is 0 Å². The third kappa shape index (κ3) is 7.60. The van der Waals surface area contributed by atoms with Crippen molar-refractivity contribution in [3.05, 3.63) is 76.1 Å². The normalized spacial score (nSPS) is 19.5. The minimum atomic E-state index is -0.0502. The monoisotopic (exact) mass is 502 g/mol. The zero-order valence-electron chi connectivity index (χ0n) is 22.2. The smallest absolute Gasteiger partial charge is 0.238 e. The summed E-state index contributed by atoms with van der Waals surface area (Å²) in [5.41, 5.74) is 5.74. The summed E-state index contributed by atoms with van der Waals surface area (Å²) in [6, 6.07) is 14.2. The van der Waals surface area contributed by atoms with Gasteiger partial charge in [0.2, 0.25) is 5.91 Å². The van der Waals surface area contributed by atoms with Crippen molar-refractivity contribution in [1.29, 1.82) is 0 Å². The maximum Gasteiger partial charge on any atom is 0.238 e. The number of hydrogen-bond donors (Lipinski definition) is 2. The number of nitrogens with zero attached hydrogens (tertiary/aromatic N) is 3. The molecule has 1 atom stereocenters. The van der Waals surface area contributed by atoms with Gasteiger partial charge in [0.05, 0.1) is 18.7 Å². The number of aliphatic hydroxyl groups excluding tert-OH is 1. The van der Waals surface area contributed by atoms with E-state index in [1.165, 1.54) is 5.56 Å². The molecule has 196 valence electrons. The fourth-order valence-corrected chi connectivity index (χ4v) is 5.11. The molecule has 1 fully saturated rings. The van der Waals surface area contributed by atoms with E-state index >= 15 is 0 Å². The topological polar surface area (TPSA) is 85.2 Å². The number of carbonyl (C=O) groups is 2. The van der Waals surface area contributed by atoms with Crippen LogP contribution in [-0.4, -0.2) is 78.6 Å². The van der Waals surface area contributed by atoms with Crippen LogP contribution in [0.15, 0.2) is 58.8 Å². The molecule has 0 unspecified atom stereocenters. The van der Waals surface area contributed by atoms with E-state index in [0.29, 0.717) is 31.5 Å². The minimum Gasteiger partial charge on any atom is -0.511 e. The molecule has 2 N–H and O–H groups in total. The van der Waals surface area contributed by atoms with Crippen molar-refractivity contribution in [3.8, 4) is 0 Å². The van der Waals surface area contributed by atoms with Gasteiger partial charge in [0.15, 0.2) is 5.78 Å². The highest BCUT2D eigenvalue weighted by molar-refractivity contribution is 6.14. The van der Waals surface area contributed by atoms with E-state index in [1.807, 2.05) is 57.2 Å². The molecule has 0 aromatic heterocycles. The average molecular weight is 503 g/mol. The van der Waals surface area contributed by atoms with Crippen LogP contribution >= 0.6 is 0 Å². The van der Waals surface area contributed by atoms with Gasteiger partial charge in [-0.05, 0) is 55.5 Å². The van der Waals surface area contributed by atoms with Gasteiger partial charge in [0.25, 0.3) is 0 Å². The standard InChI is InChI=1S/C30H38N4O3/c1-21-4-6-24(7-5-21)25-17-28(35)27(29(36)18-25)19-31-8-9-33-10-12-34(13-11-33)20-30(37)32-26-15-22(2)14-23(3)16-26/h4-7,14-16,19,25,35H,8-13,17-18,20H2,1-3H3,(H,32,37)/t25-/m1/s1. The second-order valence-electron chi connectivity index (χ2n) is 10.4. The maximum atomic E-state index is 12.7. The van der Waals surface area contributed by atoms with Crippen LogP contribution in [0.5, 0.6) is 0 Å². The van der Waals surface area contributed by atoms with Gasteiger partial charge in [-0.3, -0.25) is 24.4 Å². The molecule has 1 heterocycles. The summed E-state index contributed by atoms with van der Waals surface area (Å²) in [4.78, 5) is 34.1. The molecule has 1 saturated heterocycles. The van der Waals surface area contributed by atoms with Gasteiger partial charge in [-0.25, -0.2) is 0 Å². The van der Waals surface area contributed by atoms with Crippen molar-refractivity contribution in [2.75, 3.05) is 51.1 Å². The fraction of sp³-hybridized carbons (Fsp3) is 0.433. The zero-order chi connectivity index (χ0) is 26.4. The Hall–Kier alpha value is -3.29. The molecule has 0 spiro atoms. The predicted octanol–water partition coefficient (Wildman–Crippen LogP) is 4.20. The molecule has 1 aliphatic carbocycles. The van der Waals surface area contributed by atoms with E-state index < -0.39 is 0 Å². The van der Waals surface area contributed by atoms with Crippen LogP contribution in [0.4, 0.5) is 5.69 Å². The highest BCUT2D eigenvalue weighted by Crippen LogP contribution is 2.33. The Bertz CT molecular complexity index is 1160. The van der Waals surface area contributed by atoms with E-state index in [9.17, 15) is 14.7 Å². The number of carbonyl (C=O) groups excluding carboxylic acids is 2. The molecule has 2 aromatic carbocycles. The van der Waals surface area contributed by atoms with Gasteiger partial charge in [-0.1, -0.05) is 35.9 Å². The van der Waals surface area contributed by atoms with E-state index in [2.05, 4.69) is 26.2 Å². The van der Waals surface area contributed by atoms with Crippen LogP contribution < -0.4 is 5.32 Å². The number of piperazine rings is 1. The molecule has 0 saturated carbocycles. The van der Waals surface area contributed by atoms with Crippen molar-refractivity contribution in [2.24, 2.45) is 4.99 Å². The first-order valence-corrected chi connectivity index (χ1v) is 13.1. The maximum absolute atomic E-state index is 12.7. The molecule has 7 heteroatoms. The van der Waals surface area contributed by atoms with Crippen LogP contribution in [0, 0.1) is 20.8 Å². The minimum absolute atomic E-state index is 0.0119. The zero-order valence-corrected chi connectivity index (χ0v) is 22.2. The van der Waals surface area contributed by atoms with Crippen molar-refractivity contribution in [1.82, 2.24) is 9.80 Å². The van der Waals surface area contributed by atoms with E-state index in [1.54, 1.807) is 6.21 Å². The second-order valence-corrected chi connectivity index (χ2v) is 10.4. The Morgan fingerprint density at radius 2 is 1.62 bits per heavy atom. The van der Waals surface area contributed by atoms with Gasteiger partial charge in [-0.2, -0.15) is 0 Å². The molecule has 2 aliphatic rings. The molecule has 0 bridgehead atoms. The first-order valence-electron chi connectivity index (χ1n) is 13.1. The number of rotatable bonds is 8. The van der Waals surface area contributed by atoms with Crippen LogP contribution in [0.1, 0.15) is 41.0 Å². The van der Waals surface area contributed by atoms with Gasteiger partial charge < -0.3 is 10.4 Å². The summed E-state index contributed by atoms with van der Waals surface area (Å²) in [6.07, 6.45) is 2.42. The van der Waals surface area contributed by atoms with Crippen molar-refractivity contribution in [3.63, 3.8) is 0 Å². The highest BCUT2D eigenvalue weighted by Gasteiger charge is 2.27. The Morgan fingerprint density at radius 3 is 2.27 bits per heavy atom. The number of anilines is 1. The molecule has 4 rings (SSSR count). The largest absolute Gasteiger partial charge is 0.511 e. The lowest BCUT2D eigenvalue weighted by molar-refractivity contribution is -0.118. The van der Waals surface area contributed by atoms with E-state index in [4.69, 9.17) is 0 Å². The number of Topliss-reactive ketones (excluding diaryl/α,β-unsaturated/α-hetero) is 1. The first kappa shape index (κ1) is 26.8. The number of ketones is 1. The van der Waals surface area contributed by atoms with E-state index in [0.717, 1.165) is 55.1 Å². The van der Waals surface area contributed by atoms with Crippen molar-refractivity contribution < 1.29 is 14.7 Å². The molecular weight excluding hydrogens is 464 g/mol. The van der Waals surface area contributed by atoms with Gasteiger partial charge in [0.1, 0.15) is 5.76 Å². The van der Waals surface area contributed by atoms with Crippen molar-refractivity contribution in [2.45, 2.75) is 39.5 Å². The first-order chi connectivity index (χ1) is 17.8. The van der Waals surface area contributed by atoms with Crippen LogP contribution in [0.25, 0.3) is 0 Å². The van der Waals surface area contributed by atoms with E-state index in [-0.39, 0.29) is 23.4 Å². The lowest BCUT2D eigenvalue weighted by Crippen LogP contribution is -2.49. The van der Waals surface area contributed by atoms with Gasteiger partial charge >= 0.3 is 0 Å². The summed E-state index contributed by atoms with van der Waals surface area (Å²) in [5, 5.41) is 13.5. The number of nitrogens with one attached hydrogen (secondary N) is 1. The van der Waals surface area contributed by atoms with Crippen LogP contribution in [0.3, 0.4) is 0 Å². The van der Waals surface area contributed by atoms with Crippen molar-refractivity contribution >= 4 is 23.6 Å². The molecular formula is C30H38N4O3. The quantitative estimate of drug-likeness (QED) is 0.529. The SMILES string of the molecule is Cc1ccc([C@H]2CC(=O)C(C=NCCN3CCN(CC(=O)Nc4cc(C)cc(C)c4)CC3)=C(O)C2)cc1. The summed E-state index contributed by atoms with van der Waals surface area (Å²) in [5.74, 6) is 0.117. The Kier molecular flexibility index (Phi) is 8.90. The molecule has 1 amide bonds. The molecule has 2 aromatic rings. The third-order valence-corrected chi connectivity index (χ3v) is 7.13. The number of benzene rings is 2. The molecule has 37 heavy (non-hydrogen) atoms. The summed E-state index contributed by atoms with van der Waals surface area (Å²) >= 11 is 0. The highest BCUT2D eigenvalue weighted by atomic mass is 16.3. The summed E-state index contributed by atoms with van der Waals surface area (Å²) in [6.45, 7) is 11.2. The second kappa shape index (κ2) is 12.3. The number of aliphatic imine (C=N–C) groups is 1.